The van der Waals surface area contributed by atoms with Crippen LogP contribution >= 0.6 is 0 Å². The third-order valence-electron chi connectivity index (χ3n) is 17.0. The maximum atomic E-state index is 2.57. The summed E-state index contributed by atoms with van der Waals surface area (Å²) < 4.78 is 2.54. The third kappa shape index (κ3) is 4.77. The zero-order valence-corrected chi connectivity index (χ0v) is 37.0. The van der Waals surface area contributed by atoms with E-state index in [0.717, 1.165) is 0 Å². The van der Waals surface area contributed by atoms with Gasteiger partial charge in [-0.3, -0.25) is 0 Å². The number of benzene rings is 5. The predicted octanol–water partition coefficient (Wildman–Crippen LogP) is 15.2. The molecule has 0 amide bonds. The molecule has 1 aromatic heterocycles. The number of aryl methyl sites for hydroxylation is 2. The molecule has 1 nitrogen and oxygen atoms in total. The molecule has 0 aliphatic heterocycles. The first-order chi connectivity index (χ1) is 25.3. The summed E-state index contributed by atoms with van der Waals surface area (Å²) in [4.78, 5) is 0. The fraction of sp³-hybridized carbons (Fsp3) is 0.444. The molecule has 0 saturated carbocycles. The van der Waals surface area contributed by atoms with Crippen molar-refractivity contribution in [2.75, 3.05) is 0 Å². The monoisotopic (exact) mass is 728 g/mol. The Morgan fingerprint density at radius 2 is 0.909 bits per heavy atom. The highest BCUT2D eigenvalue weighted by Crippen LogP contribution is 2.64. The van der Waals surface area contributed by atoms with Crippen LogP contribution in [0.15, 0.2) is 84.9 Å². The fourth-order valence-electron chi connectivity index (χ4n) is 10.9. The van der Waals surface area contributed by atoms with Gasteiger partial charge in [0.1, 0.15) is 0 Å². The van der Waals surface area contributed by atoms with Gasteiger partial charge in [0.15, 0.2) is 0 Å². The molecular weight excluding hydrogens is 663 g/mol. The summed E-state index contributed by atoms with van der Waals surface area (Å²) in [7, 11) is 0. The quantitative estimate of drug-likeness (QED) is 0.171. The first-order valence-corrected chi connectivity index (χ1v) is 20.8. The number of nitrogens with zero attached hydrogens (tertiary/aromatic N) is 1. The van der Waals surface area contributed by atoms with Crippen molar-refractivity contribution in [3.8, 4) is 27.9 Å². The highest BCUT2D eigenvalue weighted by atomic mass is 15.0. The third-order valence-corrected chi connectivity index (χ3v) is 17.0. The van der Waals surface area contributed by atoms with Crippen LogP contribution in [0.25, 0.3) is 49.7 Å². The molecule has 0 N–H and O–H groups in total. The van der Waals surface area contributed by atoms with Gasteiger partial charge >= 0.3 is 0 Å². The van der Waals surface area contributed by atoms with Crippen LogP contribution in [0.5, 0.6) is 0 Å². The average Bonchev–Trinajstić information content (AvgIpc) is 3.51. The van der Waals surface area contributed by atoms with Gasteiger partial charge in [-0.05, 0) is 155 Å². The minimum absolute atomic E-state index is 0.0218. The van der Waals surface area contributed by atoms with Crippen molar-refractivity contribution in [1.82, 2.24) is 4.57 Å². The number of hydrogen-bond donors (Lipinski definition) is 0. The number of aromatic nitrogens is 1. The lowest BCUT2D eigenvalue weighted by Gasteiger charge is -2.44. The second kappa shape index (κ2) is 11.3. The van der Waals surface area contributed by atoms with Gasteiger partial charge in [-0.15, -0.1) is 0 Å². The molecule has 0 unspecified atom stereocenters. The Hall–Kier alpha value is -4.10. The zero-order chi connectivity index (χ0) is 40.2. The fourth-order valence-corrected chi connectivity index (χ4v) is 10.9. The topological polar surface area (TPSA) is 4.93 Å². The molecule has 1 heterocycles. The summed E-state index contributed by atoms with van der Waals surface area (Å²) >= 11 is 0. The molecule has 0 saturated heterocycles. The lowest BCUT2D eigenvalue weighted by atomic mass is 9.59. The van der Waals surface area contributed by atoms with Gasteiger partial charge in [0.05, 0.1) is 11.0 Å². The van der Waals surface area contributed by atoms with Gasteiger partial charge in [-0.25, -0.2) is 0 Å². The smallest absolute Gasteiger partial charge is 0.0544 e. The summed E-state index contributed by atoms with van der Waals surface area (Å²) in [5.41, 5.74) is 19.5. The number of para-hydroxylation sites is 1. The van der Waals surface area contributed by atoms with E-state index in [4.69, 9.17) is 0 Å². The van der Waals surface area contributed by atoms with Crippen molar-refractivity contribution in [2.45, 2.75) is 145 Å². The van der Waals surface area contributed by atoms with E-state index in [0.29, 0.717) is 0 Å². The van der Waals surface area contributed by atoms with Gasteiger partial charge < -0.3 is 4.57 Å². The summed E-state index contributed by atoms with van der Waals surface area (Å²) in [5, 5.41) is 2.67. The van der Waals surface area contributed by atoms with Crippen molar-refractivity contribution in [3.63, 3.8) is 0 Å². The van der Waals surface area contributed by atoms with E-state index in [1.807, 2.05) is 0 Å². The number of rotatable bonds is 3. The SMILES string of the molecule is Cc1ccc(-c2cc3c4cc5c(cc4n(-c4ccccc4)c3cc2C(C)(C)C)C(C)(C)C(C)(C)C5(C)C)cc1-c1cc2c(cc1C)C(C)(C)C(C)(C)C2(C)C. The molecule has 2 aliphatic carbocycles. The maximum absolute atomic E-state index is 2.57. The highest BCUT2D eigenvalue weighted by molar-refractivity contribution is 6.12. The molecule has 0 radical (unpaired) electrons. The van der Waals surface area contributed by atoms with E-state index in [-0.39, 0.29) is 37.9 Å². The molecular formula is C54H65N. The van der Waals surface area contributed by atoms with Gasteiger partial charge in [0, 0.05) is 16.5 Å². The minimum atomic E-state index is -0.0764. The highest BCUT2D eigenvalue weighted by Gasteiger charge is 2.58. The molecule has 0 spiro atoms. The number of fused-ring (bicyclic) bond motifs is 5. The van der Waals surface area contributed by atoms with Crippen LogP contribution in [-0.4, -0.2) is 4.57 Å². The average molecular weight is 728 g/mol. The summed E-state index contributed by atoms with van der Waals surface area (Å²) in [6, 6.07) is 33.5. The van der Waals surface area contributed by atoms with Crippen LogP contribution in [0, 0.1) is 24.7 Å². The van der Waals surface area contributed by atoms with Gasteiger partial charge in [0.2, 0.25) is 0 Å². The Labute approximate surface area is 332 Å². The summed E-state index contributed by atoms with van der Waals surface area (Å²) in [5.74, 6) is 0. The standard InChI is InChI=1S/C54H65N/c1-32-23-24-34(26-36(32)37-28-43-42(25-33(37)2)49(6,7)53(14,15)50(43,8)9)38-27-39-40-29-44-45(52(12,13)54(16,17)51(44,10)11)31-47(40)55(35-21-19-18-20-22-35)46(39)30-41(38)48(3,4)5/h18-31H,1-17H3. The summed E-state index contributed by atoms with van der Waals surface area (Å²) in [6.45, 7) is 41.2. The normalized spacial score (nSPS) is 19.9. The number of hydrogen-bond acceptors (Lipinski definition) is 0. The molecule has 0 bridgehead atoms. The van der Waals surface area contributed by atoms with Crippen LogP contribution in [0.2, 0.25) is 0 Å². The van der Waals surface area contributed by atoms with Crippen LogP contribution in [0.4, 0.5) is 0 Å². The lowest BCUT2D eigenvalue weighted by Crippen LogP contribution is -2.42. The van der Waals surface area contributed by atoms with E-state index < -0.39 is 0 Å². The Balaban J connectivity index is 1.42. The van der Waals surface area contributed by atoms with Crippen LogP contribution in [-0.2, 0) is 27.1 Å². The molecule has 5 aromatic carbocycles. The van der Waals surface area contributed by atoms with E-state index in [1.165, 1.54) is 88.7 Å². The minimum Gasteiger partial charge on any atom is -0.309 e. The molecule has 0 atom stereocenters. The lowest BCUT2D eigenvalue weighted by molar-refractivity contribution is 0.125. The van der Waals surface area contributed by atoms with Crippen molar-refractivity contribution in [1.29, 1.82) is 0 Å². The Morgan fingerprint density at radius 3 is 1.47 bits per heavy atom. The second-order valence-corrected chi connectivity index (χ2v) is 21.7. The van der Waals surface area contributed by atoms with E-state index in [1.54, 1.807) is 0 Å². The zero-order valence-electron chi connectivity index (χ0n) is 37.0. The van der Waals surface area contributed by atoms with Crippen molar-refractivity contribution >= 4 is 21.8 Å². The van der Waals surface area contributed by atoms with Crippen LogP contribution in [0.3, 0.4) is 0 Å². The van der Waals surface area contributed by atoms with Gasteiger partial charge in [0.25, 0.3) is 0 Å². The molecule has 55 heavy (non-hydrogen) atoms. The van der Waals surface area contributed by atoms with Crippen LogP contribution < -0.4 is 0 Å². The second-order valence-electron chi connectivity index (χ2n) is 21.7. The molecule has 8 rings (SSSR count). The van der Waals surface area contributed by atoms with Gasteiger partial charge in [-0.2, -0.15) is 0 Å². The molecule has 6 aromatic rings. The van der Waals surface area contributed by atoms with Crippen molar-refractivity contribution in [2.24, 2.45) is 10.8 Å². The molecule has 1 heteroatoms. The van der Waals surface area contributed by atoms with E-state index in [9.17, 15) is 0 Å². The predicted molar refractivity (Wildman–Crippen MR) is 239 cm³/mol. The van der Waals surface area contributed by atoms with Gasteiger partial charge in [-0.1, -0.05) is 146 Å². The summed E-state index contributed by atoms with van der Waals surface area (Å²) in [6.07, 6.45) is 0. The molecule has 2 aliphatic rings. The maximum Gasteiger partial charge on any atom is 0.0544 e. The van der Waals surface area contributed by atoms with Crippen molar-refractivity contribution < 1.29 is 0 Å². The largest absolute Gasteiger partial charge is 0.309 e. The molecule has 0 fully saturated rings. The molecule has 286 valence electrons. The van der Waals surface area contributed by atoms with E-state index >= 15 is 0 Å². The Bertz CT molecular complexity index is 2570. The Kier molecular flexibility index (Phi) is 7.75. The van der Waals surface area contributed by atoms with Crippen LogP contribution in [0.1, 0.15) is 143 Å². The first-order valence-electron chi connectivity index (χ1n) is 20.8. The van der Waals surface area contributed by atoms with E-state index in [2.05, 4.69) is 207 Å². The van der Waals surface area contributed by atoms with Crippen molar-refractivity contribution in [3.05, 3.63) is 124 Å². The first kappa shape index (κ1) is 37.8. The Morgan fingerprint density at radius 1 is 0.436 bits per heavy atom.